The van der Waals surface area contributed by atoms with Crippen LogP contribution in [-0.4, -0.2) is 47.4 Å². The van der Waals surface area contributed by atoms with Crippen LogP contribution in [0.2, 0.25) is 0 Å². The number of carbonyl (C=O) groups is 2. The molecule has 0 heterocycles. The minimum absolute atomic E-state index is 0.00321. The molecule has 0 aromatic rings. The molecular formula is C56H111NO5. The number of nitrogens with one attached hydrogen (secondary N) is 1. The van der Waals surface area contributed by atoms with Crippen molar-refractivity contribution in [1.82, 2.24) is 5.32 Å². The molecule has 62 heavy (non-hydrogen) atoms. The van der Waals surface area contributed by atoms with Gasteiger partial charge in [-0.05, 0) is 25.7 Å². The molecule has 1 amide bonds. The molecule has 370 valence electrons. The van der Waals surface area contributed by atoms with Gasteiger partial charge in [-0.15, -0.1) is 0 Å². The summed E-state index contributed by atoms with van der Waals surface area (Å²) in [6.07, 6.45) is 59.4. The van der Waals surface area contributed by atoms with Gasteiger partial charge in [-0.1, -0.05) is 284 Å². The van der Waals surface area contributed by atoms with Crippen molar-refractivity contribution in [3.63, 3.8) is 0 Å². The number of amides is 1. The highest BCUT2D eigenvalue weighted by Crippen LogP contribution is 2.18. The van der Waals surface area contributed by atoms with Crippen LogP contribution in [0, 0.1) is 0 Å². The fourth-order valence-corrected chi connectivity index (χ4v) is 9.05. The van der Waals surface area contributed by atoms with Gasteiger partial charge in [0.25, 0.3) is 0 Å². The molecular weight excluding hydrogens is 767 g/mol. The molecule has 2 atom stereocenters. The third kappa shape index (κ3) is 48.3. The molecule has 0 radical (unpaired) electrons. The molecule has 2 unspecified atom stereocenters. The number of hydrogen-bond acceptors (Lipinski definition) is 5. The lowest BCUT2D eigenvalue weighted by atomic mass is 10.0. The molecule has 0 aromatic carbocycles. The second-order valence-corrected chi connectivity index (χ2v) is 19.6. The molecule has 0 saturated heterocycles. The van der Waals surface area contributed by atoms with Crippen molar-refractivity contribution in [2.75, 3.05) is 13.2 Å². The van der Waals surface area contributed by atoms with E-state index in [0.717, 1.165) is 44.9 Å². The lowest BCUT2D eigenvalue weighted by Crippen LogP contribution is -2.45. The number of rotatable bonds is 53. The third-order valence-corrected chi connectivity index (χ3v) is 13.4. The number of aliphatic hydroxyl groups is 2. The van der Waals surface area contributed by atoms with Crippen LogP contribution in [0.5, 0.6) is 0 Å². The smallest absolute Gasteiger partial charge is 0.305 e. The van der Waals surface area contributed by atoms with E-state index in [4.69, 9.17) is 4.74 Å². The Bertz CT molecular complexity index is 882. The van der Waals surface area contributed by atoms with Gasteiger partial charge in [0.1, 0.15) is 0 Å². The van der Waals surface area contributed by atoms with Crippen molar-refractivity contribution in [3.8, 4) is 0 Å². The Morgan fingerprint density at radius 2 is 0.661 bits per heavy atom. The molecule has 0 fully saturated rings. The minimum Gasteiger partial charge on any atom is -0.466 e. The van der Waals surface area contributed by atoms with Crippen LogP contribution < -0.4 is 5.32 Å². The largest absolute Gasteiger partial charge is 0.466 e. The molecule has 0 aliphatic rings. The topological polar surface area (TPSA) is 95.9 Å². The fraction of sp³-hybridized carbons (Fsp3) is 0.964. The van der Waals surface area contributed by atoms with Crippen LogP contribution in [-0.2, 0) is 14.3 Å². The van der Waals surface area contributed by atoms with Crippen molar-refractivity contribution >= 4 is 11.9 Å². The standard InChI is InChI=1S/C56H111NO5/c1-3-5-7-9-11-13-15-17-18-19-21-25-28-32-36-40-44-48-54(59)53(52-58)57-55(60)49-45-41-37-33-29-26-22-20-23-27-31-35-39-43-47-51-62-56(61)50-46-42-38-34-30-24-16-14-12-10-8-6-4-2/h53-54,58-59H,3-52H2,1-2H3,(H,57,60). The van der Waals surface area contributed by atoms with Crippen molar-refractivity contribution in [2.45, 2.75) is 334 Å². The Labute approximate surface area is 387 Å². The highest BCUT2D eigenvalue weighted by atomic mass is 16.5. The van der Waals surface area contributed by atoms with E-state index < -0.39 is 12.1 Å². The Balaban J connectivity index is 3.42. The zero-order valence-electron chi connectivity index (χ0n) is 42.1. The van der Waals surface area contributed by atoms with Gasteiger partial charge >= 0.3 is 5.97 Å². The summed E-state index contributed by atoms with van der Waals surface area (Å²) in [4.78, 5) is 24.5. The molecule has 0 aromatic heterocycles. The molecule has 3 N–H and O–H groups in total. The van der Waals surface area contributed by atoms with Gasteiger partial charge in [-0.2, -0.15) is 0 Å². The summed E-state index contributed by atoms with van der Waals surface area (Å²) in [7, 11) is 0. The van der Waals surface area contributed by atoms with Crippen LogP contribution in [0.15, 0.2) is 0 Å². The number of unbranched alkanes of at least 4 members (excludes halogenated alkanes) is 42. The van der Waals surface area contributed by atoms with Gasteiger partial charge in [0, 0.05) is 12.8 Å². The maximum Gasteiger partial charge on any atom is 0.305 e. The second-order valence-electron chi connectivity index (χ2n) is 19.6. The van der Waals surface area contributed by atoms with Crippen LogP contribution in [0.4, 0.5) is 0 Å². The number of aliphatic hydroxyl groups excluding tert-OH is 2. The Morgan fingerprint density at radius 1 is 0.387 bits per heavy atom. The first kappa shape index (κ1) is 60.9. The van der Waals surface area contributed by atoms with Crippen molar-refractivity contribution in [2.24, 2.45) is 0 Å². The van der Waals surface area contributed by atoms with Crippen LogP contribution in [0.3, 0.4) is 0 Å². The Hall–Kier alpha value is -1.14. The molecule has 6 heteroatoms. The van der Waals surface area contributed by atoms with Gasteiger partial charge in [0.15, 0.2) is 0 Å². The van der Waals surface area contributed by atoms with Gasteiger partial charge in [0.05, 0.1) is 25.4 Å². The zero-order valence-corrected chi connectivity index (χ0v) is 42.1. The lowest BCUT2D eigenvalue weighted by molar-refractivity contribution is -0.143. The highest BCUT2D eigenvalue weighted by molar-refractivity contribution is 5.76. The maximum atomic E-state index is 12.5. The average molecular weight is 879 g/mol. The van der Waals surface area contributed by atoms with Gasteiger partial charge in [0.2, 0.25) is 5.91 Å². The molecule has 6 nitrogen and oxygen atoms in total. The summed E-state index contributed by atoms with van der Waals surface area (Å²) in [6.45, 7) is 4.96. The molecule has 0 saturated carbocycles. The Kier molecular flexibility index (Phi) is 51.5. The zero-order chi connectivity index (χ0) is 45.1. The van der Waals surface area contributed by atoms with E-state index in [1.54, 1.807) is 0 Å². The Morgan fingerprint density at radius 3 is 0.984 bits per heavy atom. The summed E-state index contributed by atoms with van der Waals surface area (Å²) in [5.41, 5.74) is 0. The molecule has 0 spiro atoms. The van der Waals surface area contributed by atoms with Crippen LogP contribution >= 0.6 is 0 Å². The van der Waals surface area contributed by atoms with Crippen molar-refractivity contribution in [3.05, 3.63) is 0 Å². The summed E-state index contributed by atoms with van der Waals surface area (Å²) >= 11 is 0. The molecule has 0 rings (SSSR count). The lowest BCUT2D eigenvalue weighted by Gasteiger charge is -2.22. The van der Waals surface area contributed by atoms with E-state index >= 15 is 0 Å². The first-order chi connectivity index (χ1) is 30.5. The molecule has 0 aliphatic heterocycles. The minimum atomic E-state index is -0.668. The quantitative estimate of drug-likeness (QED) is 0.0418. The summed E-state index contributed by atoms with van der Waals surface area (Å²) in [5, 5.41) is 23.3. The summed E-state index contributed by atoms with van der Waals surface area (Å²) in [6, 6.07) is -0.546. The van der Waals surface area contributed by atoms with Crippen LogP contribution in [0.25, 0.3) is 0 Å². The highest BCUT2D eigenvalue weighted by Gasteiger charge is 2.20. The maximum absolute atomic E-state index is 12.5. The number of ether oxygens (including phenoxy) is 1. The predicted molar refractivity (Wildman–Crippen MR) is 269 cm³/mol. The normalized spacial score (nSPS) is 12.5. The van der Waals surface area contributed by atoms with Gasteiger partial charge in [-0.25, -0.2) is 0 Å². The summed E-state index contributed by atoms with van der Waals surface area (Å²) < 4.78 is 5.47. The number of hydrogen-bond donors (Lipinski definition) is 3. The summed E-state index contributed by atoms with van der Waals surface area (Å²) in [5.74, 6) is -0.0370. The monoisotopic (exact) mass is 878 g/mol. The second kappa shape index (κ2) is 52.5. The van der Waals surface area contributed by atoms with Crippen molar-refractivity contribution in [1.29, 1.82) is 0 Å². The van der Waals surface area contributed by atoms with Crippen molar-refractivity contribution < 1.29 is 24.5 Å². The first-order valence-electron chi connectivity index (χ1n) is 28.3. The van der Waals surface area contributed by atoms with E-state index in [2.05, 4.69) is 19.2 Å². The van der Waals surface area contributed by atoms with E-state index in [0.29, 0.717) is 25.9 Å². The average Bonchev–Trinajstić information content (AvgIpc) is 3.27. The van der Waals surface area contributed by atoms with E-state index in [1.165, 1.54) is 244 Å². The fourth-order valence-electron chi connectivity index (χ4n) is 9.05. The van der Waals surface area contributed by atoms with Crippen LogP contribution in [0.1, 0.15) is 322 Å². The molecule has 0 bridgehead atoms. The first-order valence-corrected chi connectivity index (χ1v) is 28.3. The predicted octanol–water partition coefficient (Wildman–Crippen LogP) is 17.1. The van der Waals surface area contributed by atoms with Gasteiger partial charge < -0.3 is 20.3 Å². The third-order valence-electron chi connectivity index (χ3n) is 13.4. The van der Waals surface area contributed by atoms with E-state index in [-0.39, 0.29) is 18.5 Å². The molecule has 0 aliphatic carbocycles. The van der Waals surface area contributed by atoms with E-state index in [1.807, 2.05) is 0 Å². The number of esters is 1. The van der Waals surface area contributed by atoms with E-state index in [9.17, 15) is 19.8 Å². The van der Waals surface area contributed by atoms with Gasteiger partial charge in [-0.3, -0.25) is 9.59 Å². The number of carbonyl (C=O) groups excluding carboxylic acids is 2. The SMILES string of the molecule is CCCCCCCCCCCCCCCCCCCC(O)C(CO)NC(=O)CCCCCCCCCCCCCCCCCOC(=O)CCCCCCCCCCCCCCC.